The number of nitrogens with one attached hydrogen (secondary N) is 2. The number of aryl methyl sites for hydroxylation is 1. The molecule has 0 radical (unpaired) electrons. The van der Waals surface area contributed by atoms with Crippen molar-refractivity contribution >= 4 is 34.8 Å². The molecule has 0 saturated heterocycles. The largest absolute Gasteiger partial charge is 0.389 e. The first kappa shape index (κ1) is 18.9. The van der Waals surface area contributed by atoms with E-state index in [4.69, 9.17) is 28.5 Å². The molecule has 25 heavy (non-hydrogen) atoms. The van der Waals surface area contributed by atoms with Crippen molar-refractivity contribution in [2.45, 2.75) is 13.3 Å². The number of rotatable bonds is 6. The Morgan fingerprint density at radius 3 is 2.72 bits per heavy atom. The lowest BCUT2D eigenvalue weighted by Crippen LogP contribution is -2.18. The van der Waals surface area contributed by atoms with E-state index in [1.165, 1.54) is 23.4 Å². The van der Waals surface area contributed by atoms with Gasteiger partial charge in [-0.3, -0.25) is 4.79 Å². The van der Waals surface area contributed by atoms with Gasteiger partial charge in [-0.15, -0.1) is 0 Å². The Morgan fingerprint density at radius 1 is 1.24 bits per heavy atom. The van der Waals surface area contributed by atoms with E-state index < -0.39 is 5.91 Å². The quantitative estimate of drug-likeness (QED) is 0.445. The topological polar surface area (TPSA) is 64.9 Å². The Morgan fingerprint density at radius 2 is 2.04 bits per heavy atom. The summed E-state index contributed by atoms with van der Waals surface area (Å²) in [4.78, 5) is 12.2. The van der Waals surface area contributed by atoms with Crippen LogP contribution in [0.15, 0.2) is 54.2 Å². The molecule has 0 aliphatic heterocycles. The predicted octanol–water partition coefficient (Wildman–Crippen LogP) is 4.48. The molecular formula is C19H17Cl2N3O. The van der Waals surface area contributed by atoms with Gasteiger partial charge in [0.1, 0.15) is 11.6 Å². The van der Waals surface area contributed by atoms with Crippen LogP contribution in [0.5, 0.6) is 0 Å². The summed E-state index contributed by atoms with van der Waals surface area (Å²) in [7, 11) is 0. The normalized spacial score (nSPS) is 10.9. The van der Waals surface area contributed by atoms with Gasteiger partial charge in [0.05, 0.1) is 10.7 Å². The number of benzene rings is 2. The average Bonchev–Trinajstić information content (AvgIpc) is 2.57. The molecule has 0 aromatic heterocycles. The van der Waals surface area contributed by atoms with Crippen LogP contribution in [0, 0.1) is 18.3 Å². The lowest BCUT2D eigenvalue weighted by atomic mass is 10.1. The summed E-state index contributed by atoms with van der Waals surface area (Å²) in [6, 6.07) is 14.8. The van der Waals surface area contributed by atoms with Crippen LogP contribution in [-0.2, 0) is 11.2 Å². The summed E-state index contributed by atoms with van der Waals surface area (Å²) in [6.07, 6.45) is 2.20. The van der Waals surface area contributed by atoms with Gasteiger partial charge in [0, 0.05) is 17.8 Å². The van der Waals surface area contributed by atoms with Crippen molar-refractivity contribution in [1.29, 1.82) is 5.26 Å². The van der Waals surface area contributed by atoms with E-state index in [9.17, 15) is 4.79 Å². The van der Waals surface area contributed by atoms with Gasteiger partial charge in [-0.2, -0.15) is 5.26 Å². The zero-order chi connectivity index (χ0) is 18.2. The zero-order valence-electron chi connectivity index (χ0n) is 13.6. The van der Waals surface area contributed by atoms with E-state index in [2.05, 4.69) is 16.7 Å². The SMILES string of the molecule is Cc1cccc(CCN/C=C(/C#N)C(=O)Nc2ccc(Cl)cc2Cl)c1. The van der Waals surface area contributed by atoms with E-state index in [1.807, 2.05) is 31.2 Å². The minimum Gasteiger partial charge on any atom is -0.389 e. The van der Waals surface area contributed by atoms with Gasteiger partial charge in [-0.25, -0.2) is 0 Å². The summed E-state index contributed by atoms with van der Waals surface area (Å²) in [5.41, 5.74) is 2.76. The molecule has 0 atom stereocenters. The van der Waals surface area contributed by atoms with Crippen molar-refractivity contribution < 1.29 is 4.79 Å². The fourth-order valence-electron chi connectivity index (χ4n) is 2.19. The van der Waals surface area contributed by atoms with Crippen LogP contribution in [-0.4, -0.2) is 12.5 Å². The van der Waals surface area contributed by atoms with Crippen molar-refractivity contribution in [3.63, 3.8) is 0 Å². The molecule has 0 heterocycles. The summed E-state index contributed by atoms with van der Waals surface area (Å²) in [5.74, 6) is -0.533. The smallest absolute Gasteiger partial charge is 0.267 e. The lowest BCUT2D eigenvalue weighted by Gasteiger charge is -2.07. The highest BCUT2D eigenvalue weighted by atomic mass is 35.5. The molecule has 2 aromatic rings. The third kappa shape index (κ3) is 5.82. The molecule has 0 aliphatic carbocycles. The second-order valence-electron chi connectivity index (χ2n) is 5.44. The van der Waals surface area contributed by atoms with Gasteiger partial charge in [0.15, 0.2) is 0 Å². The molecule has 2 aromatic carbocycles. The number of carbonyl (C=O) groups excluding carboxylic acids is 1. The van der Waals surface area contributed by atoms with Gasteiger partial charge in [0.25, 0.3) is 5.91 Å². The minimum absolute atomic E-state index is 0.0322. The lowest BCUT2D eigenvalue weighted by molar-refractivity contribution is -0.112. The van der Waals surface area contributed by atoms with Gasteiger partial charge in [0.2, 0.25) is 0 Å². The molecule has 6 heteroatoms. The Labute approximate surface area is 157 Å². The molecule has 2 rings (SSSR count). The number of halogens is 2. The molecule has 0 bridgehead atoms. The maximum absolute atomic E-state index is 12.2. The van der Waals surface area contributed by atoms with Crippen molar-refractivity contribution in [2.75, 3.05) is 11.9 Å². The molecule has 0 fully saturated rings. The monoisotopic (exact) mass is 373 g/mol. The summed E-state index contributed by atoms with van der Waals surface area (Å²) in [5, 5.41) is 15.5. The highest BCUT2D eigenvalue weighted by molar-refractivity contribution is 6.36. The molecule has 0 saturated carbocycles. The van der Waals surface area contributed by atoms with E-state index >= 15 is 0 Å². The molecule has 128 valence electrons. The van der Waals surface area contributed by atoms with E-state index in [1.54, 1.807) is 12.1 Å². The fraction of sp³-hybridized carbons (Fsp3) is 0.158. The molecule has 0 unspecified atom stereocenters. The van der Waals surface area contributed by atoms with E-state index in [0.29, 0.717) is 22.3 Å². The molecule has 1 amide bonds. The summed E-state index contributed by atoms with van der Waals surface area (Å²) >= 11 is 11.8. The molecule has 4 nitrogen and oxygen atoms in total. The molecular weight excluding hydrogens is 357 g/mol. The first-order valence-corrected chi connectivity index (χ1v) is 8.41. The van der Waals surface area contributed by atoms with E-state index in [-0.39, 0.29) is 5.57 Å². The van der Waals surface area contributed by atoms with Gasteiger partial charge < -0.3 is 10.6 Å². The van der Waals surface area contributed by atoms with Crippen LogP contribution in [0.1, 0.15) is 11.1 Å². The zero-order valence-corrected chi connectivity index (χ0v) is 15.2. The number of hydrogen-bond donors (Lipinski definition) is 2. The van der Waals surface area contributed by atoms with Gasteiger partial charge in [-0.05, 0) is 37.1 Å². The van der Waals surface area contributed by atoms with Crippen LogP contribution in [0.2, 0.25) is 10.0 Å². The first-order valence-electron chi connectivity index (χ1n) is 7.65. The van der Waals surface area contributed by atoms with Gasteiger partial charge >= 0.3 is 0 Å². The Balaban J connectivity index is 1.92. The van der Waals surface area contributed by atoms with Crippen LogP contribution >= 0.6 is 23.2 Å². The number of carbonyl (C=O) groups is 1. The number of nitriles is 1. The van der Waals surface area contributed by atoms with Crippen LogP contribution in [0.3, 0.4) is 0 Å². The Hall–Kier alpha value is -2.48. The minimum atomic E-state index is -0.533. The number of anilines is 1. The molecule has 0 aliphatic rings. The number of amides is 1. The van der Waals surface area contributed by atoms with E-state index in [0.717, 1.165) is 6.42 Å². The Kier molecular flexibility index (Phi) is 6.88. The number of nitrogens with zero attached hydrogens (tertiary/aromatic N) is 1. The third-order valence-electron chi connectivity index (χ3n) is 3.43. The summed E-state index contributed by atoms with van der Waals surface area (Å²) in [6.45, 7) is 2.65. The Bertz CT molecular complexity index is 841. The maximum Gasteiger partial charge on any atom is 0.267 e. The maximum atomic E-state index is 12.2. The molecule has 0 spiro atoms. The second kappa shape index (κ2) is 9.12. The average molecular weight is 374 g/mol. The highest BCUT2D eigenvalue weighted by Gasteiger charge is 2.11. The highest BCUT2D eigenvalue weighted by Crippen LogP contribution is 2.25. The standard InChI is InChI=1S/C19H17Cl2N3O/c1-13-3-2-4-14(9-13)7-8-23-12-15(11-22)19(25)24-18-6-5-16(20)10-17(18)21/h2-6,9-10,12,23H,7-8H2,1H3,(H,24,25)/b15-12-. The second-order valence-corrected chi connectivity index (χ2v) is 6.28. The predicted molar refractivity (Wildman–Crippen MR) is 102 cm³/mol. The summed E-state index contributed by atoms with van der Waals surface area (Å²) < 4.78 is 0. The van der Waals surface area contributed by atoms with Crippen molar-refractivity contribution in [3.05, 3.63) is 75.4 Å². The fourth-order valence-corrected chi connectivity index (χ4v) is 2.64. The van der Waals surface area contributed by atoms with Crippen molar-refractivity contribution in [3.8, 4) is 6.07 Å². The third-order valence-corrected chi connectivity index (χ3v) is 3.98. The van der Waals surface area contributed by atoms with Crippen LogP contribution < -0.4 is 10.6 Å². The molecule has 2 N–H and O–H groups in total. The van der Waals surface area contributed by atoms with Gasteiger partial charge in [-0.1, -0.05) is 53.0 Å². The van der Waals surface area contributed by atoms with Crippen molar-refractivity contribution in [2.24, 2.45) is 0 Å². The van der Waals surface area contributed by atoms with Crippen LogP contribution in [0.4, 0.5) is 5.69 Å². The van der Waals surface area contributed by atoms with Crippen LogP contribution in [0.25, 0.3) is 0 Å². The first-order chi connectivity index (χ1) is 12.0. The van der Waals surface area contributed by atoms with Crippen molar-refractivity contribution in [1.82, 2.24) is 5.32 Å². The number of hydrogen-bond acceptors (Lipinski definition) is 3.